The van der Waals surface area contributed by atoms with E-state index in [0.717, 1.165) is 29.4 Å². The van der Waals surface area contributed by atoms with Crippen LogP contribution in [0.5, 0.6) is 0 Å². The first-order valence-corrected chi connectivity index (χ1v) is 6.31. The van der Waals surface area contributed by atoms with E-state index in [9.17, 15) is 0 Å². The third-order valence-corrected chi connectivity index (χ3v) is 3.01. The molecule has 0 aliphatic carbocycles. The van der Waals surface area contributed by atoms with Crippen LogP contribution in [0, 0.1) is 13.8 Å². The lowest BCUT2D eigenvalue weighted by atomic mass is 10.3. The van der Waals surface area contributed by atoms with Crippen molar-refractivity contribution in [2.75, 3.05) is 32.2 Å². The van der Waals surface area contributed by atoms with Crippen molar-refractivity contribution in [1.82, 2.24) is 14.8 Å². The van der Waals surface area contributed by atoms with Crippen LogP contribution in [-0.2, 0) is 4.74 Å². The zero-order valence-electron chi connectivity index (χ0n) is 11.9. The fourth-order valence-electron chi connectivity index (χ4n) is 1.96. The van der Waals surface area contributed by atoms with Crippen molar-refractivity contribution in [3.05, 3.63) is 35.8 Å². The van der Waals surface area contributed by atoms with E-state index < -0.39 is 0 Å². The van der Waals surface area contributed by atoms with Crippen LogP contribution in [0.2, 0.25) is 0 Å². The number of ether oxygens (including phenoxy) is 1. The highest BCUT2D eigenvalue weighted by molar-refractivity contribution is 5.42. The van der Waals surface area contributed by atoms with Gasteiger partial charge in [-0.25, -0.2) is 9.67 Å². The van der Waals surface area contributed by atoms with Crippen LogP contribution >= 0.6 is 0 Å². The number of methoxy groups -OCH3 is 1. The number of pyridine rings is 1. The maximum atomic E-state index is 5.06. The normalized spacial score (nSPS) is 10.7. The Morgan fingerprint density at radius 1 is 1.32 bits per heavy atom. The summed E-state index contributed by atoms with van der Waals surface area (Å²) in [6.45, 7) is 5.54. The van der Waals surface area contributed by atoms with Gasteiger partial charge < -0.3 is 9.64 Å². The van der Waals surface area contributed by atoms with Gasteiger partial charge in [0.2, 0.25) is 0 Å². The van der Waals surface area contributed by atoms with Gasteiger partial charge in [-0.15, -0.1) is 0 Å². The lowest BCUT2D eigenvalue weighted by Gasteiger charge is -2.17. The van der Waals surface area contributed by atoms with Gasteiger partial charge in [0.25, 0.3) is 0 Å². The fourth-order valence-corrected chi connectivity index (χ4v) is 1.96. The zero-order valence-corrected chi connectivity index (χ0v) is 11.9. The zero-order chi connectivity index (χ0) is 13.8. The second-order valence-corrected chi connectivity index (χ2v) is 4.63. The Morgan fingerprint density at radius 3 is 2.63 bits per heavy atom. The quantitative estimate of drug-likeness (QED) is 0.824. The van der Waals surface area contributed by atoms with Crippen molar-refractivity contribution in [1.29, 1.82) is 0 Å². The fraction of sp³-hybridized carbons (Fsp3) is 0.429. The third kappa shape index (κ3) is 3.12. The van der Waals surface area contributed by atoms with Crippen LogP contribution in [0.3, 0.4) is 0 Å². The number of hydrogen-bond acceptors (Lipinski definition) is 4. The van der Waals surface area contributed by atoms with E-state index in [1.807, 2.05) is 43.9 Å². The number of rotatable bonds is 5. The number of anilines is 1. The Hall–Kier alpha value is -1.88. The number of aromatic nitrogens is 3. The Morgan fingerprint density at radius 2 is 2.11 bits per heavy atom. The monoisotopic (exact) mass is 260 g/mol. The van der Waals surface area contributed by atoms with Gasteiger partial charge in [-0.05, 0) is 32.0 Å². The minimum absolute atomic E-state index is 0.692. The van der Waals surface area contributed by atoms with Gasteiger partial charge in [-0.3, -0.25) is 0 Å². The van der Waals surface area contributed by atoms with Crippen LogP contribution in [0.4, 0.5) is 5.82 Å². The third-order valence-electron chi connectivity index (χ3n) is 3.01. The molecule has 0 N–H and O–H groups in total. The minimum atomic E-state index is 0.692. The molecule has 2 aromatic rings. The summed E-state index contributed by atoms with van der Waals surface area (Å²) in [7, 11) is 3.71. The van der Waals surface area contributed by atoms with Gasteiger partial charge in [-0.1, -0.05) is 0 Å². The van der Waals surface area contributed by atoms with E-state index in [1.54, 1.807) is 7.11 Å². The first-order chi connectivity index (χ1) is 9.11. The smallest absolute Gasteiger partial charge is 0.128 e. The predicted molar refractivity (Wildman–Crippen MR) is 76.0 cm³/mol. The second kappa shape index (κ2) is 5.84. The van der Waals surface area contributed by atoms with Crippen molar-refractivity contribution in [2.24, 2.45) is 0 Å². The summed E-state index contributed by atoms with van der Waals surface area (Å²) < 4.78 is 6.97. The Bertz CT molecular complexity index is 533. The number of aryl methyl sites for hydroxylation is 2. The van der Waals surface area contributed by atoms with E-state index in [0.29, 0.717) is 6.61 Å². The molecule has 0 aromatic carbocycles. The summed E-state index contributed by atoms with van der Waals surface area (Å²) in [5.41, 5.74) is 3.10. The summed E-state index contributed by atoms with van der Waals surface area (Å²) in [6.07, 6.45) is 1.85. The molecule has 5 nitrogen and oxygen atoms in total. The molecule has 5 heteroatoms. The highest BCUT2D eigenvalue weighted by Gasteiger charge is 2.06. The molecule has 0 saturated heterocycles. The average molecular weight is 260 g/mol. The molecule has 0 unspecified atom stereocenters. The summed E-state index contributed by atoms with van der Waals surface area (Å²) in [5.74, 6) is 0.933. The summed E-state index contributed by atoms with van der Waals surface area (Å²) >= 11 is 0. The molecule has 0 amide bonds. The lowest BCUT2D eigenvalue weighted by Crippen LogP contribution is -2.22. The molecular formula is C14H20N4O. The second-order valence-electron chi connectivity index (χ2n) is 4.63. The van der Waals surface area contributed by atoms with Gasteiger partial charge in [0.05, 0.1) is 24.2 Å². The molecule has 2 rings (SSSR count). The SMILES string of the molecule is COCCN(C)c1ccc(-n2nc(C)cc2C)cn1. The number of nitrogens with zero attached hydrogens (tertiary/aromatic N) is 4. The topological polar surface area (TPSA) is 43.2 Å². The molecule has 0 aliphatic heterocycles. The van der Waals surface area contributed by atoms with Gasteiger partial charge >= 0.3 is 0 Å². The number of hydrogen-bond donors (Lipinski definition) is 0. The van der Waals surface area contributed by atoms with Crippen molar-refractivity contribution in [3.8, 4) is 5.69 Å². The molecule has 0 fully saturated rings. The number of likely N-dealkylation sites (N-methyl/N-ethyl adjacent to an activating group) is 1. The molecule has 0 saturated carbocycles. The summed E-state index contributed by atoms with van der Waals surface area (Å²) in [6, 6.07) is 6.09. The highest BCUT2D eigenvalue weighted by atomic mass is 16.5. The van der Waals surface area contributed by atoms with E-state index in [2.05, 4.69) is 21.0 Å². The van der Waals surface area contributed by atoms with Crippen LogP contribution in [-0.4, -0.2) is 42.1 Å². The van der Waals surface area contributed by atoms with Crippen molar-refractivity contribution < 1.29 is 4.74 Å². The van der Waals surface area contributed by atoms with Crippen molar-refractivity contribution >= 4 is 5.82 Å². The first-order valence-electron chi connectivity index (χ1n) is 6.31. The molecule has 102 valence electrons. The van der Waals surface area contributed by atoms with E-state index >= 15 is 0 Å². The molecule has 2 aromatic heterocycles. The molecule has 0 spiro atoms. The Kier molecular flexibility index (Phi) is 4.16. The summed E-state index contributed by atoms with van der Waals surface area (Å²) in [4.78, 5) is 6.53. The van der Waals surface area contributed by atoms with Gasteiger partial charge in [0.1, 0.15) is 5.82 Å². The summed E-state index contributed by atoms with van der Waals surface area (Å²) in [5, 5.41) is 4.45. The average Bonchev–Trinajstić information content (AvgIpc) is 2.75. The highest BCUT2D eigenvalue weighted by Crippen LogP contribution is 2.14. The van der Waals surface area contributed by atoms with Crippen LogP contribution in [0.15, 0.2) is 24.4 Å². The van der Waals surface area contributed by atoms with E-state index in [-0.39, 0.29) is 0 Å². The molecule has 0 atom stereocenters. The van der Waals surface area contributed by atoms with Crippen LogP contribution < -0.4 is 4.90 Å². The molecule has 0 radical (unpaired) electrons. The van der Waals surface area contributed by atoms with Crippen LogP contribution in [0.1, 0.15) is 11.4 Å². The molecule has 0 bridgehead atoms. The molecular weight excluding hydrogens is 240 g/mol. The maximum absolute atomic E-state index is 5.06. The Labute approximate surface area is 113 Å². The minimum Gasteiger partial charge on any atom is -0.383 e. The largest absolute Gasteiger partial charge is 0.383 e. The predicted octanol–water partition coefficient (Wildman–Crippen LogP) is 1.97. The van der Waals surface area contributed by atoms with Gasteiger partial charge in [-0.2, -0.15) is 5.10 Å². The first kappa shape index (κ1) is 13.5. The molecule has 19 heavy (non-hydrogen) atoms. The molecule has 2 heterocycles. The van der Waals surface area contributed by atoms with E-state index in [1.165, 1.54) is 0 Å². The van der Waals surface area contributed by atoms with E-state index in [4.69, 9.17) is 4.74 Å². The molecule has 0 aliphatic rings. The Balaban J connectivity index is 2.16. The van der Waals surface area contributed by atoms with Gasteiger partial charge in [0, 0.05) is 26.4 Å². The standard InChI is InChI=1S/C14H20N4O/c1-11-9-12(2)18(16-11)13-5-6-14(15-10-13)17(3)7-8-19-4/h5-6,9-10H,7-8H2,1-4H3. The van der Waals surface area contributed by atoms with Crippen molar-refractivity contribution in [2.45, 2.75) is 13.8 Å². The maximum Gasteiger partial charge on any atom is 0.128 e. The van der Waals surface area contributed by atoms with Gasteiger partial charge in [0.15, 0.2) is 0 Å². The lowest BCUT2D eigenvalue weighted by molar-refractivity contribution is 0.206. The van der Waals surface area contributed by atoms with Crippen molar-refractivity contribution in [3.63, 3.8) is 0 Å². The van der Waals surface area contributed by atoms with Crippen LogP contribution in [0.25, 0.3) is 5.69 Å².